The van der Waals surface area contributed by atoms with Crippen molar-refractivity contribution in [3.05, 3.63) is 90.5 Å². The van der Waals surface area contributed by atoms with E-state index in [4.69, 9.17) is 14.5 Å². The number of nitriles is 1. The number of amides is 2. The number of thioether (sulfide) groups is 1. The summed E-state index contributed by atoms with van der Waals surface area (Å²) in [5.41, 5.74) is 3.90. The van der Waals surface area contributed by atoms with Crippen LogP contribution >= 0.6 is 11.8 Å². The van der Waals surface area contributed by atoms with E-state index in [1.807, 2.05) is 67.6 Å². The summed E-state index contributed by atoms with van der Waals surface area (Å²) < 4.78 is 10.8. The maximum Gasteiger partial charge on any atom is 0.247 e. The first-order chi connectivity index (χ1) is 19.0. The molecule has 0 radical (unpaired) electrons. The van der Waals surface area contributed by atoms with Crippen LogP contribution in [0.1, 0.15) is 18.9 Å². The maximum absolute atomic E-state index is 13.4. The smallest absolute Gasteiger partial charge is 0.247 e. The molecule has 0 bridgehead atoms. The fourth-order valence-corrected chi connectivity index (χ4v) is 5.56. The van der Waals surface area contributed by atoms with E-state index < -0.39 is 5.25 Å². The second-order valence-corrected chi connectivity index (χ2v) is 9.94. The molecule has 1 saturated heterocycles. The molecule has 0 aliphatic carbocycles. The van der Waals surface area contributed by atoms with E-state index in [2.05, 4.69) is 6.07 Å². The molecule has 0 N–H and O–H groups in total. The van der Waals surface area contributed by atoms with Gasteiger partial charge < -0.3 is 9.47 Å². The van der Waals surface area contributed by atoms with Crippen LogP contribution in [0.25, 0.3) is 22.4 Å². The zero-order valence-electron chi connectivity index (χ0n) is 21.5. The average molecular weight is 536 g/mol. The summed E-state index contributed by atoms with van der Waals surface area (Å²) in [4.78, 5) is 32.4. The minimum atomic E-state index is -0.710. The number of methoxy groups -OCH3 is 1. The van der Waals surface area contributed by atoms with Crippen LogP contribution in [0.2, 0.25) is 0 Å². The first-order valence-corrected chi connectivity index (χ1v) is 13.3. The van der Waals surface area contributed by atoms with E-state index in [0.29, 0.717) is 45.6 Å². The van der Waals surface area contributed by atoms with Crippen LogP contribution in [-0.4, -0.2) is 35.8 Å². The molecule has 0 unspecified atom stereocenters. The molecule has 4 aromatic rings. The highest BCUT2D eigenvalue weighted by molar-refractivity contribution is 8.00. The predicted octanol–water partition coefficient (Wildman–Crippen LogP) is 6.12. The number of nitrogens with zero attached hydrogens (tertiary/aromatic N) is 3. The van der Waals surface area contributed by atoms with Crippen molar-refractivity contribution in [3.8, 4) is 40.0 Å². The quantitative estimate of drug-likeness (QED) is 0.251. The highest BCUT2D eigenvalue weighted by Crippen LogP contribution is 2.39. The van der Waals surface area contributed by atoms with Crippen LogP contribution in [0, 0.1) is 11.3 Å². The third-order valence-corrected chi connectivity index (χ3v) is 7.51. The Morgan fingerprint density at radius 3 is 2.31 bits per heavy atom. The topological polar surface area (TPSA) is 92.5 Å². The van der Waals surface area contributed by atoms with Crippen LogP contribution in [0.3, 0.4) is 0 Å². The fourth-order valence-electron chi connectivity index (χ4n) is 4.43. The van der Waals surface area contributed by atoms with Crippen molar-refractivity contribution in [1.29, 1.82) is 5.26 Å². The largest absolute Gasteiger partial charge is 0.497 e. The van der Waals surface area contributed by atoms with Crippen LogP contribution in [-0.2, 0) is 9.59 Å². The lowest BCUT2D eigenvalue weighted by molar-refractivity contribution is -0.121. The van der Waals surface area contributed by atoms with Gasteiger partial charge in [0.1, 0.15) is 22.6 Å². The summed E-state index contributed by atoms with van der Waals surface area (Å²) >= 11 is 1.15. The SMILES string of the molecule is CCOc1ccc(N2C(=O)C[C@@H](Sc3nc(-c4ccccc4)cc(-c4ccc(OC)cc4)c3C#N)C2=O)cc1. The van der Waals surface area contributed by atoms with Gasteiger partial charge in [-0.05, 0) is 55.0 Å². The second-order valence-electron chi connectivity index (χ2n) is 8.75. The van der Waals surface area contributed by atoms with Gasteiger partial charge in [0.25, 0.3) is 0 Å². The summed E-state index contributed by atoms with van der Waals surface area (Å²) in [6.07, 6.45) is 0.0106. The van der Waals surface area contributed by atoms with E-state index in [9.17, 15) is 14.9 Å². The Morgan fingerprint density at radius 2 is 1.67 bits per heavy atom. The first-order valence-electron chi connectivity index (χ1n) is 12.4. The van der Waals surface area contributed by atoms with Crippen LogP contribution in [0.15, 0.2) is 90.0 Å². The molecule has 0 spiro atoms. The highest BCUT2D eigenvalue weighted by atomic mass is 32.2. The Hall–Kier alpha value is -4.61. The molecule has 194 valence electrons. The van der Waals surface area contributed by atoms with E-state index in [1.165, 1.54) is 4.90 Å². The number of ether oxygens (including phenoxy) is 2. The van der Waals surface area contributed by atoms with Crippen molar-refractivity contribution in [2.45, 2.75) is 23.6 Å². The Kier molecular flexibility index (Phi) is 7.62. The van der Waals surface area contributed by atoms with Gasteiger partial charge in [0.2, 0.25) is 11.8 Å². The molecule has 3 aromatic carbocycles. The van der Waals surface area contributed by atoms with E-state index in [1.54, 1.807) is 31.4 Å². The summed E-state index contributed by atoms with van der Waals surface area (Å²) in [5.74, 6) is 0.734. The van der Waals surface area contributed by atoms with Gasteiger partial charge >= 0.3 is 0 Å². The number of anilines is 1. The zero-order valence-corrected chi connectivity index (χ0v) is 22.3. The molecule has 1 aliphatic rings. The standard InChI is InChI=1S/C31H25N3O4S/c1-3-38-24-15-11-22(12-16-24)34-29(35)18-28(31(34)36)39-30-26(19-32)25(20-9-13-23(37-2)14-10-20)17-27(33-30)21-7-5-4-6-8-21/h4-17,28H,3,18H2,1-2H3/t28-/m1/s1. The number of rotatable bonds is 8. The molecule has 2 heterocycles. The van der Waals surface area contributed by atoms with Gasteiger partial charge in [-0.15, -0.1) is 0 Å². The number of pyridine rings is 1. The number of carbonyl (C=O) groups excluding carboxylic acids is 2. The molecule has 1 aromatic heterocycles. The summed E-state index contributed by atoms with van der Waals surface area (Å²) in [5, 5.41) is 9.91. The summed E-state index contributed by atoms with van der Waals surface area (Å²) in [6.45, 7) is 2.41. The van der Waals surface area contributed by atoms with E-state index in [0.717, 1.165) is 22.9 Å². The molecule has 0 saturated carbocycles. The van der Waals surface area contributed by atoms with Crippen LogP contribution in [0.5, 0.6) is 11.5 Å². The molecular formula is C31H25N3O4S. The van der Waals surface area contributed by atoms with Gasteiger partial charge in [0.05, 0.1) is 35.9 Å². The maximum atomic E-state index is 13.4. The molecule has 1 atom stereocenters. The van der Waals surface area contributed by atoms with Gasteiger partial charge in [0.15, 0.2) is 0 Å². The monoisotopic (exact) mass is 535 g/mol. The predicted molar refractivity (Wildman–Crippen MR) is 151 cm³/mol. The van der Waals surface area contributed by atoms with Crippen LogP contribution < -0.4 is 14.4 Å². The van der Waals surface area contributed by atoms with Gasteiger partial charge in [-0.25, -0.2) is 9.88 Å². The number of imide groups is 1. The van der Waals surface area contributed by atoms with E-state index >= 15 is 0 Å². The Balaban J connectivity index is 1.52. The van der Waals surface area contributed by atoms with Gasteiger partial charge in [-0.2, -0.15) is 5.26 Å². The third-order valence-electron chi connectivity index (χ3n) is 6.33. The number of carbonyl (C=O) groups is 2. The molecule has 5 rings (SSSR count). The van der Waals surface area contributed by atoms with E-state index in [-0.39, 0.29) is 18.2 Å². The Bertz CT molecular complexity index is 1550. The Labute approximate surface area is 231 Å². The number of benzene rings is 3. The van der Waals surface area contributed by atoms with Crippen molar-refractivity contribution in [2.75, 3.05) is 18.6 Å². The highest BCUT2D eigenvalue weighted by Gasteiger charge is 2.41. The minimum Gasteiger partial charge on any atom is -0.497 e. The second kappa shape index (κ2) is 11.4. The van der Waals surface area contributed by atoms with Crippen LogP contribution in [0.4, 0.5) is 5.69 Å². The van der Waals surface area contributed by atoms with Gasteiger partial charge in [0, 0.05) is 17.5 Å². The number of hydrogen-bond donors (Lipinski definition) is 0. The molecule has 1 aliphatic heterocycles. The van der Waals surface area contributed by atoms with Crippen molar-refractivity contribution in [3.63, 3.8) is 0 Å². The van der Waals surface area contributed by atoms with Gasteiger partial charge in [-0.1, -0.05) is 54.2 Å². The normalized spacial score (nSPS) is 14.8. The lowest BCUT2D eigenvalue weighted by Crippen LogP contribution is -2.31. The summed E-state index contributed by atoms with van der Waals surface area (Å²) in [6, 6.07) is 28.1. The van der Waals surface area contributed by atoms with Crippen molar-refractivity contribution in [1.82, 2.24) is 4.98 Å². The lowest BCUT2D eigenvalue weighted by atomic mass is 9.99. The number of hydrogen-bond acceptors (Lipinski definition) is 7. The molecule has 7 nitrogen and oxygen atoms in total. The summed E-state index contributed by atoms with van der Waals surface area (Å²) in [7, 11) is 1.60. The minimum absolute atomic E-state index is 0.0106. The lowest BCUT2D eigenvalue weighted by Gasteiger charge is -2.17. The zero-order chi connectivity index (χ0) is 27.4. The average Bonchev–Trinajstić information content (AvgIpc) is 3.25. The van der Waals surface area contributed by atoms with Gasteiger partial charge in [-0.3, -0.25) is 9.59 Å². The number of aromatic nitrogens is 1. The molecule has 1 fully saturated rings. The molecular weight excluding hydrogens is 510 g/mol. The van der Waals surface area contributed by atoms with Crippen molar-refractivity contribution < 1.29 is 19.1 Å². The molecule has 2 amide bonds. The fraction of sp³-hybridized carbons (Fsp3) is 0.161. The third kappa shape index (κ3) is 5.35. The van der Waals surface area contributed by atoms with Crippen molar-refractivity contribution in [2.24, 2.45) is 0 Å². The first kappa shape index (κ1) is 26.0. The molecule has 8 heteroatoms. The molecule has 39 heavy (non-hydrogen) atoms. The Morgan fingerprint density at radius 1 is 0.974 bits per heavy atom. The van der Waals surface area contributed by atoms with Crippen molar-refractivity contribution >= 4 is 29.3 Å².